The minimum atomic E-state index is -0.190. The van der Waals surface area contributed by atoms with Crippen LogP contribution in [0.2, 0.25) is 0 Å². The van der Waals surface area contributed by atoms with Crippen molar-refractivity contribution in [3.8, 4) is 5.75 Å². The molecule has 1 aliphatic rings. The van der Waals surface area contributed by atoms with Crippen molar-refractivity contribution in [3.63, 3.8) is 0 Å². The van der Waals surface area contributed by atoms with Crippen molar-refractivity contribution in [1.29, 1.82) is 0 Å². The number of carbonyl (C=O) groups excluding carboxylic acids is 1. The molecular weight excluding hydrogens is 374 g/mol. The fourth-order valence-corrected chi connectivity index (χ4v) is 3.99. The summed E-state index contributed by atoms with van der Waals surface area (Å²) in [7, 11) is 3.58. The van der Waals surface area contributed by atoms with Crippen molar-refractivity contribution in [3.05, 3.63) is 46.1 Å². The molecule has 1 saturated carbocycles. The number of rotatable bonds is 6. The minimum absolute atomic E-state index is 0.190. The van der Waals surface area contributed by atoms with E-state index in [2.05, 4.69) is 26.8 Å². The molecule has 1 aliphatic carbocycles. The molecule has 1 fully saturated rings. The summed E-state index contributed by atoms with van der Waals surface area (Å²) in [6.45, 7) is 3.89. The zero-order chi connectivity index (χ0) is 19.8. The van der Waals surface area contributed by atoms with Crippen molar-refractivity contribution >= 4 is 33.9 Å². The second kappa shape index (κ2) is 7.27. The number of aromatic nitrogens is 3. The Balaban J connectivity index is 1.48. The van der Waals surface area contributed by atoms with E-state index in [1.165, 1.54) is 29.9 Å². The van der Waals surface area contributed by atoms with Crippen LogP contribution in [0.15, 0.2) is 24.4 Å². The monoisotopic (exact) mass is 397 g/mol. The summed E-state index contributed by atoms with van der Waals surface area (Å²) >= 11 is 1.30. The van der Waals surface area contributed by atoms with E-state index in [0.717, 1.165) is 28.4 Å². The third kappa shape index (κ3) is 3.60. The Kier molecular flexibility index (Phi) is 4.80. The zero-order valence-corrected chi connectivity index (χ0v) is 17.2. The summed E-state index contributed by atoms with van der Waals surface area (Å²) in [6, 6.07) is 5.89. The summed E-state index contributed by atoms with van der Waals surface area (Å²) in [4.78, 5) is 17.6. The van der Waals surface area contributed by atoms with E-state index >= 15 is 0 Å². The molecule has 2 heterocycles. The number of hydrogen-bond donors (Lipinski definition) is 2. The molecule has 2 aromatic heterocycles. The first-order chi connectivity index (χ1) is 13.5. The molecule has 0 radical (unpaired) electrons. The van der Waals surface area contributed by atoms with Crippen LogP contribution < -0.4 is 15.4 Å². The quantitative estimate of drug-likeness (QED) is 0.645. The molecule has 0 spiro atoms. The standard InChI is InChI=1S/C20H23N5O2S/c1-11-5-8-15(27-4)12(2)18(11)23-19(26)16-10-21-20(28-16)22-17-9-14(13-6-7-13)25(3)24-17/h5,8-10,13H,6-7H2,1-4H3,(H,23,26)(H,21,22,24). The predicted octanol–water partition coefficient (Wildman–Crippen LogP) is 4.38. The van der Waals surface area contributed by atoms with Gasteiger partial charge in [0.15, 0.2) is 10.9 Å². The number of amides is 1. The number of nitrogens with one attached hydrogen (secondary N) is 2. The minimum Gasteiger partial charge on any atom is -0.496 e. The lowest BCUT2D eigenvalue weighted by Gasteiger charge is -2.14. The van der Waals surface area contributed by atoms with Crippen LogP contribution in [0, 0.1) is 13.8 Å². The zero-order valence-electron chi connectivity index (χ0n) is 16.4. The van der Waals surface area contributed by atoms with Crippen molar-refractivity contribution in [2.24, 2.45) is 7.05 Å². The van der Waals surface area contributed by atoms with Gasteiger partial charge in [-0.2, -0.15) is 5.10 Å². The molecule has 0 atom stereocenters. The van der Waals surface area contributed by atoms with Gasteiger partial charge in [0.25, 0.3) is 5.91 Å². The Morgan fingerprint density at radius 3 is 2.82 bits per heavy atom. The van der Waals surface area contributed by atoms with Gasteiger partial charge in [0.05, 0.1) is 19.0 Å². The van der Waals surface area contributed by atoms with Crippen LogP contribution in [0.4, 0.5) is 16.6 Å². The average molecular weight is 398 g/mol. The molecule has 28 heavy (non-hydrogen) atoms. The Bertz CT molecular complexity index is 1040. The molecule has 4 rings (SSSR count). The Hall–Kier alpha value is -2.87. The Morgan fingerprint density at radius 2 is 2.11 bits per heavy atom. The number of thiazole rings is 1. The lowest BCUT2D eigenvalue weighted by molar-refractivity contribution is 0.103. The molecule has 0 bridgehead atoms. The highest BCUT2D eigenvalue weighted by atomic mass is 32.1. The number of carbonyl (C=O) groups is 1. The molecular formula is C20H23N5O2S. The number of hydrogen-bond acceptors (Lipinski definition) is 6. The second-order valence-corrected chi connectivity index (χ2v) is 8.08. The van der Waals surface area contributed by atoms with E-state index in [1.807, 2.05) is 37.7 Å². The number of methoxy groups -OCH3 is 1. The number of nitrogens with zero attached hydrogens (tertiary/aromatic N) is 3. The molecule has 146 valence electrons. The highest BCUT2D eigenvalue weighted by Crippen LogP contribution is 2.40. The van der Waals surface area contributed by atoms with Gasteiger partial charge in [-0.15, -0.1) is 0 Å². The first kappa shape index (κ1) is 18.5. The summed E-state index contributed by atoms with van der Waals surface area (Å²) in [5.41, 5.74) is 3.89. The fraction of sp³-hybridized carbons (Fsp3) is 0.350. The van der Waals surface area contributed by atoms with Crippen LogP contribution in [0.3, 0.4) is 0 Å². The third-order valence-electron chi connectivity index (χ3n) is 4.96. The van der Waals surface area contributed by atoms with Crippen LogP contribution in [-0.4, -0.2) is 27.8 Å². The summed E-state index contributed by atoms with van der Waals surface area (Å²) < 4.78 is 7.26. The highest BCUT2D eigenvalue weighted by Gasteiger charge is 2.27. The predicted molar refractivity (Wildman–Crippen MR) is 111 cm³/mol. The number of benzene rings is 1. The van der Waals surface area contributed by atoms with Crippen LogP contribution in [0.25, 0.3) is 0 Å². The maximum absolute atomic E-state index is 12.7. The van der Waals surface area contributed by atoms with E-state index in [4.69, 9.17) is 4.74 Å². The lowest BCUT2D eigenvalue weighted by Crippen LogP contribution is -2.12. The molecule has 2 N–H and O–H groups in total. The molecule has 3 aromatic rings. The van der Waals surface area contributed by atoms with Crippen molar-refractivity contribution in [2.45, 2.75) is 32.6 Å². The molecule has 0 aliphatic heterocycles. The smallest absolute Gasteiger partial charge is 0.267 e. The normalized spacial score (nSPS) is 13.4. The van der Waals surface area contributed by atoms with Gasteiger partial charge in [0, 0.05) is 30.3 Å². The molecule has 0 unspecified atom stereocenters. The van der Waals surface area contributed by atoms with Crippen LogP contribution in [-0.2, 0) is 7.05 Å². The van der Waals surface area contributed by atoms with Crippen molar-refractivity contribution in [1.82, 2.24) is 14.8 Å². The lowest BCUT2D eigenvalue weighted by atomic mass is 10.1. The fourth-order valence-electron chi connectivity index (χ4n) is 3.27. The average Bonchev–Trinajstić information content (AvgIpc) is 3.29. The van der Waals surface area contributed by atoms with Gasteiger partial charge in [-0.1, -0.05) is 17.4 Å². The van der Waals surface area contributed by atoms with Crippen molar-refractivity contribution in [2.75, 3.05) is 17.7 Å². The van der Waals surface area contributed by atoms with Gasteiger partial charge < -0.3 is 15.4 Å². The van der Waals surface area contributed by atoms with Gasteiger partial charge in [-0.05, 0) is 38.3 Å². The molecule has 8 heteroatoms. The first-order valence-corrected chi connectivity index (χ1v) is 10.00. The molecule has 1 aromatic carbocycles. The topological polar surface area (TPSA) is 81.1 Å². The first-order valence-electron chi connectivity index (χ1n) is 9.18. The van der Waals surface area contributed by atoms with Crippen molar-refractivity contribution < 1.29 is 9.53 Å². The summed E-state index contributed by atoms with van der Waals surface area (Å²) in [5.74, 6) is 1.93. The Labute approximate surface area is 167 Å². The van der Waals surface area contributed by atoms with Gasteiger partial charge in [0.2, 0.25) is 0 Å². The van der Waals surface area contributed by atoms with E-state index in [9.17, 15) is 4.79 Å². The molecule has 0 saturated heterocycles. The van der Waals surface area contributed by atoms with Gasteiger partial charge in [-0.3, -0.25) is 9.48 Å². The maximum Gasteiger partial charge on any atom is 0.267 e. The number of ether oxygens (including phenoxy) is 1. The van der Waals surface area contributed by atoms with Gasteiger partial charge in [-0.25, -0.2) is 4.98 Å². The largest absolute Gasteiger partial charge is 0.496 e. The van der Waals surface area contributed by atoms with E-state index in [1.54, 1.807) is 13.3 Å². The summed E-state index contributed by atoms with van der Waals surface area (Å²) in [5, 5.41) is 11.3. The van der Waals surface area contributed by atoms with Gasteiger partial charge in [0.1, 0.15) is 10.6 Å². The van der Waals surface area contributed by atoms with E-state index in [-0.39, 0.29) is 5.91 Å². The number of anilines is 3. The number of aryl methyl sites for hydroxylation is 2. The van der Waals surface area contributed by atoms with Crippen LogP contribution >= 0.6 is 11.3 Å². The highest BCUT2D eigenvalue weighted by molar-refractivity contribution is 7.17. The SMILES string of the molecule is COc1ccc(C)c(NC(=O)c2cnc(Nc3cc(C4CC4)n(C)n3)s2)c1C. The van der Waals surface area contributed by atoms with Gasteiger partial charge >= 0.3 is 0 Å². The molecule has 7 nitrogen and oxygen atoms in total. The maximum atomic E-state index is 12.7. The van der Waals surface area contributed by atoms with Crippen LogP contribution in [0.5, 0.6) is 5.75 Å². The second-order valence-electron chi connectivity index (χ2n) is 7.05. The molecule has 1 amide bonds. The van der Waals surface area contributed by atoms with E-state index < -0.39 is 0 Å². The third-order valence-corrected chi connectivity index (χ3v) is 5.87. The Morgan fingerprint density at radius 1 is 1.32 bits per heavy atom. The van der Waals surface area contributed by atoms with E-state index in [0.29, 0.717) is 15.9 Å². The summed E-state index contributed by atoms with van der Waals surface area (Å²) in [6.07, 6.45) is 4.03. The van der Waals surface area contributed by atoms with Crippen LogP contribution in [0.1, 0.15) is 45.3 Å².